The van der Waals surface area contributed by atoms with Crippen LogP contribution >= 0.6 is 11.3 Å². The lowest BCUT2D eigenvalue weighted by Gasteiger charge is -2.35. The van der Waals surface area contributed by atoms with Gasteiger partial charge in [0.05, 0.1) is 10.9 Å². The number of anilines is 2. The highest BCUT2D eigenvalue weighted by Gasteiger charge is 2.24. The van der Waals surface area contributed by atoms with Crippen molar-refractivity contribution in [3.05, 3.63) is 10.9 Å². The zero-order valence-corrected chi connectivity index (χ0v) is 11.4. The van der Waals surface area contributed by atoms with Crippen molar-refractivity contribution in [3.63, 3.8) is 0 Å². The summed E-state index contributed by atoms with van der Waals surface area (Å²) in [4.78, 5) is 11.6. The average Bonchev–Trinajstić information content (AvgIpc) is 2.81. The van der Waals surface area contributed by atoms with Crippen LogP contribution < -0.4 is 16.0 Å². The van der Waals surface area contributed by atoms with Gasteiger partial charge in [0.2, 0.25) is 5.95 Å². The van der Waals surface area contributed by atoms with Gasteiger partial charge in [-0.2, -0.15) is 10.2 Å². The van der Waals surface area contributed by atoms with E-state index in [-0.39, 0.29) is 5.95 Å². The van der Waals surface area contributed by atoms with E-state index < -0.39 is 0 Å². The van der Waals surface area contributed by atoms with E-state index >= 15 is 0 Å². The van der Waals surface area contributed by atoms with Gasteiger partial charge in [-0.15, -0.1) is 11.3 Å². The minimum atomic E-state index is 0.263. The van der Waals surface area contributed by atoms with Gasteiger partial charge in [0.25, 0.3) is 0 Å². The number of hydrogen-bond acceptors (Lipinski definition) is 7. The Hall–Kier alpha value is -1.91. The second-order valence-electron chi connectivity index (χ2n) is 4.59. The summed E-state index contributed by atoms with van der Waals surface area (Å²) in [5.41, 5.74) is 6.41. The first-order chi connectivity index (χ1) is 9.20. The Morgan fingerprint density at radius 1 is 1.58 bits per heavy atom. The average molecular weight is 274 g/mol. The molecule has 1 aliphatic rings. The summed E-state index contributed by atoms with van der Waals surface area (Å²) < 4.78 is 0. The molecule has 0 radical (unpaired) electrons. The number of hydrogen-bond donors (Lipinski definition) is 2. The molecule has 3 rings (SSSR count). The summed E-state index contributed by atoms with van der Waals surface area (Å²) in [7, 11) is 0. The molecule has 1 atom stereocenters. The number of nitrogens with one attached hydrogen (secondary N) is 1. The second kappa shape index (κ2) is 4.64. The smallest absolute Gasteiger partial charge is 0.223 e. The van der Waals surface area contributed by atoms with Gasteiger partial charge in [-0.3, -0.25) is 0 Å². The molecular formula is C12H14N6S. The van der Waals surface area contributed by atoms with Crippen LogP contribution in [0.15, 0.2) is 5.38 Å². The molecule has 0 spiro atoms. The number of rotatable bonds is 1. The molecule has 0 bridgehead atoms. The maximum Gasteiger partial charge on any atom is 0.223 e. The van der Waals surface area contributed by atoms with Crippen molar-refractivity contribution in [3.8, 4) is 6.07 Å². The number of nitriles is 1. The largest absolute Gasteiger partial charge is 0.368 e. The molecule has 1 saturated heterocycles. The van der Waals surface area contributed by atoms with E-state index in [1.807, 2.05) is 5.38 Å². The van der Waals surface area contributed by atoms with Crippen LogP contribution in [0, 0.1) is 11.3 Å². The third-order valence-electron chi connectivity index (χ3n) is 3.33. The molecule has 3 N–H and O–H groups in total. The predicted octanol–water partition coefficient (Wildman–Crippen LogP) is 0.943. The molecule has 98 valence electrons. The van der Waals surface area contributed by atoms with E-state index in [1.54, 1.807) is 0 Å². The van der Waals surface area contributed by atoms with Gasteiger partial charge in [0.15, 0.2) is 0 Å². The lowest BCUT2D eigenvalue weighted by atomic mass is 10.1. The predicted molar refractivity (Wildman–Crippen MR) is 76.2 cm³/mol. The SMILES string of the molecule is CC1CNCCN1c1nc(N)nc2scc(C#N)c12. The van der Waals surface area contributed by atoms with E-state index in [4.69, 9.17) is 5.73 Å². The molecule has 0 amide bonds. The molecule has 2 aromatic heterocycles. The first kappa shape index (κ1) is 12.1. The molecule has 2 aromatic rings. The van der Waals surface area contributed by atoms with Crippen LogP contribution in [0.4, 0.5) is 11.8 Å². The van der Waals surface area contributed by atoms with Gasteiger partial charge in [0, 0.05) is 31.1 Å². The van der Waals surface area contributed by atoms with E-state index in [0.717, 1.165) is 35.7 Å². The molecule has 1 aliphatic heterocycles. The molecule has 0 aromatic carbocycles. The fraction of sp³-hybridized carbons (Fsp3) is 0.417. The third kappa shape index (κ3) is 1.99. The van der Waals surface area contributed by atoms with Crippen LogP contribution in [0.2, 0.25) is 0 Å². The van der Waals surface area contributed by atoms with E-state index in [1.165, 1.54) is 11.3 Å². The van der Waals surface area contributed by atoms with Crippen LogP contribution in [0.1, 0.15) is 12.5 Å². The van der Waals surface area contributed by atoms with Crippen molar-refractivity contribution in [1.82, 2.24) is 15.3 Å². The molecule has 19 heavy (non-hydrogen) atoms. The summed E-state index contributed by atoms with van der Waals surface area (Å²) >= 11 is 1.44. The quantitative estimate of drug-likeness (QED) is 0.804. The number of nitrogens with zero attached hydrogens (tertiary/aromatic N) is 4. The van der Waals surface area contributed by atoms with Crippen LogP contribution in [0.25, 0.3) is 10.2 Å². The normalized spacial score (nSPS) is 19.6. The second-order valence-corrected chi connectivity index (χ2v) is 5.45. The number of fused-ring (bicyclic) bond motifs is 1. The molecule has 1 unspecified atom stereocenters. The maximum atomic E-state index is 9.22. The lowest BCUT2D eigenvalue weighted by Crippen LogP contribution is -2.50. The van der Waals surface area contributed by atoms with Gasteiger partial charge in [-0.05, 0) is 6.92 Å². The molecule has 6 nitrogen and oxygen atoms in total. The number of nitrogen functional groups attached to an aromatic ring is 1. The summed E-state index contributed by atoms with van der Waals surface area (Å²) in [6, 6.07) is 2.53. The fourth-order valence-electron chi connectivity index (χ4n) is 2.39. The summed E-state index contributed by atoms with van der Waals surface area (Å²) in [5.74, 6) is 1.05. The number of aromatic nitrogens is 2. The van der Waals surface area contributed by atoms with Crippen molar-refractivity contribution >= 4 is 33.3 Å². The zero-order chi connectivity index (χ0) is 13.4. The molecule has 7 heteroatoms. The number of piperazine rings is 1. The van der Waals surface area contributed by atoms with Gasteiger partial charge in [-0.25, -0.2) is 4.98 Å². The molecule has 0 aliphatic carbocycles. The first-order valence-electron chi connectivity index (χ1n) is 6.13. The Balaban J connectivity index is 2.21. The van der Waals surface area contributed by atoms with E-state index in [9.17, 15) is 5.26 Å². The summed E-state index contributed by atoms with van der Waals surface area (Å²) in [6.07, 6.45) is 0. The van der Waals surface area contributed by atoms with Gasteiger partial charge >= 0.3 is 0 Å². The van der Waals surface area contributed by atoms with Crippen LogP contribution in [-0.4, -0.2) is 35.6 Å². The Morgan fingerprint density at radius 3 is 3.16 bits per heavy atom. The maximum absolute atomic E-state index is 9.22. The third-order valence-corrected chi connectivity index (χ3v) is 4.20. The minimum absolute atomic E-state index is 0.263. The van der Waals surface area contributed by atoms with Crippen molar-refractivity contribution in [2.45, 2.75) is 13.0 Å². The van der Waals surface area contributed by atoms with Crippen molar-refractivity contribution in [2.75, 3.05) is 30.3 Å². The van der Waals surface area contributed by atoms with E-state index in [0.29, 0.717) is 11.6 Å². The Kier molecular flexibility index (Phi) is 2.97. The molecule has 1 fully saturated rings. The van der Waals surface area contributed by atoms with Crippen LogP contribution in [0.5, 0.6) is 0 Å². The number of nitrogens with two attached hydrogens (primary N) is 1. The highest BCUT2D eigenvalue weighted by molar-refractivity contribution is 7.17. The zero-order valence-electron chi connectivity index (χ0n) is 10.6. The molecule has 3 heterocycles. The van der Waals surface area contributed by atoms with Gasteiger partial charge in [-0.1, -0.05) is 0 Å². The first-order valence-corrected chi connectivity index (χ1v) is 7.01. The molecule has 0 saturated carbocycles. The van der Waals surface area contributed by atoms with Crippen molar-refractivity contribution < 1.29 is 0 Å². The Morgan fingerprint density at radius 2 is 2.42 bits per heavy atom. The topological polar surface area (TPSA) is 90.9 Å². The molecular weight excluding hydrogens is 260 g/mol. The summed E-state index contributed by atoms with van der Waals surface area (Å²) in [5, 5.41) is 15.2. The lowest BCUT2D eigenvalue weighted by molar-refractivity contribution is 0.498. The Labute approximate surface area is 114 Å². The number of thiophene rings is 1. The van der Waals surface area contributed by atoms with Crippen LogP contribution in [0.3, 0.4) is 0 Å². The fourth-order valence-corrected chi connectivity index (χ4v) is 3.25. The van der Waals surface area contributed by atoms with E-state index in [2.05, 4.69) is 33.2 Å². The summed E-state index contributed by atoms with van der Waals surface area (Å²) in [6.45, 7) is 4.79. The monoisotopic (exact) mass is 274 g/mol. The van der Waals surface area contributed by atoms with Crippen molar-refractivity contribution in [1.29, 1.82) is 5.26 Å². The van der Waals surface area contributed by atoms with Gasteiger partial charge in [0.1, 0.15) is 16.7 Å². The minimum Gasteiger partial charge on any atom is -0.368 e. The highest BCUT2D eigenvalue weighted by Crippen LogP contribution is 2.33. The van der Waals surface area contributed by atoms with Crippen LogP contribution in [-0.2, 0) is 0 Å². The highest BCUT2D eigenvalue weighted by atomic mass is 32.1. The van der Waals surface area contributed by atoms with Crippen molar-refractivity contribution in [2.24, 2.45) is 0 Å². The standard InChI is InChI=1S/C12H14N6S/c1-7-5-15-2-3-18(7)10-9-8(4-13)6-19-11(9)17-12(14)16-10/h6-7,15H,2-3,5H2,1H3,(H2,14,16,17). The Bertz CT molecular complexity index is 658. The van der Waals surface area contributed by atoms with Gasteiger partial charge < -0.3 is 16.0 Å².